The summed E-state index contributed by atoms with van der Waals surface area (Å²) < 4.78 is 11.1. The van der Waals surface area contributed by atoms with E-state index < -0.39 is 11.6 Å². The highest BCUT2D eigenvalue weighted by atomic mass is 16.6. The molecule has 1 fully saturated rings. The third-order valence-electron chi connectivity index (χ3n) is 4.82. The maximum absolute atomic E-state index is 13.1. The fraction of sp³-hybridized carbons (Fsp3) is 0.300. The molecule has 0 radical (unpaired) electrons. The lowest BCUT2D eigenvalue weighted by Crippen LogP contribution is -2.41. The van der Waals surface area contributed by atoms with Crippen LogP contribution < -0.4 is 14.8 Å². The van der Waals surface area contributed by atoms with E-state index in [1.54, 1.807) is 25.1 Å². The SMILES string of the molecule is Cc1cccc(CN2C(=O)N[C@](C)(c3ccc4c(c3)OCCO4)C2=O)c1. The maximum atomic E-state index is 13.1. The van der Waals surface area contributed by atoms with Crippen molar-refractivity contribution in [1.82, 2.24) is 10.2 Å². The highest BCUT2D eigenvalue weighted by Crippen LogP contribution is 2.37. The number of carbonyl (C=O) groups excluding carboxylic acids is 2. The molecule has 1 N–H and O–H groups in total. The molecule has 0 aliphatic carbocycles. The van der Waals surface area contributed by atoms with Crippen molar-refractivity contribution in [3.8, 4) is 11.5 Å². The lowest BCUT2D eigenvalue weighted by molar-refractivity contribution is -0.131. The molecular formula is C20H20N2O4. The zero-order chi connectivity index (χ0) is 18.3. The van der Waals surface area contributed by atoms with Gasteiger partial charge in [0.2, 0.25) is 0 Å². The topological polar surface area (TPSA) is 67.9 Å². The number of fused-ring (bicyclic) bond motifs is 1. The van der Waals surface area contributed by atoms with Crippen molar-refractivity contribution in [2.45, 2.75) is 25.9 Å². The van der Waals surface area contributed by atoms with E-state index in [0.29, 0.717) is 30.3 Å². The van der Waals surface area contributed by atoms with Crippen molar-refractivity contribution in [2.75, 3.05) is 13.2 Å². The van der Waals surface area contributed by atoms with Crippen LogP contribution in [0.15, 0.2) is 42.5 Å². The molecule has 2 heterocycles. The predicted molar refractivity (Wildman–Crippen MR) is 95.0 cm³/mol. The Bertz CT molecular complexity index is 895. The zero-order valence-electron chi connectivity index (χ0n) is 14.7. The number of hydrogen-bond acceptors (Lipinski definition) is 4. The predicted octanol–water partition coefficient (Wildman–Crippen LogP) is 2.73. The van der Waals surface area contributed by atoms with Gasteiger partial charge in [-0.3, -0.25) is 9.69 Å². The number of nitrogens with zero attached hydrogens (tertiary/aromatic N) is 1. The van der Waals surface area contributed by atoms with Gasteiger partial charge in [-0.15, -0.1) is 0 Å². The lowest BCUT2D eigenvalue weighted by Gasteiger charge is -2.25. The molecule has 2 aromatic rings. The van der Waals surface area contributed by atoms with Crippen LogP contribution in [0.3, 0.4) is 0 Å². The molecule has 6 heteroatoms. The Morgan fingerprint density at radius 2 is 1.85 bits per heavy atom. The number of rotatable bonds is 3. The van der Waals surface area contributed by atoms with Crippen LogP contribution in [-0.4, -0.2) is 30.1 Å². The molecule has 6 nitrogen and oxygen atoms in total. The van der Waals surface area contributed by atoms with Crippen molar-refractivity contribution < 1.29 is 19.1 Å². The number of carbonyl (C=O) groups is 2. The van der Waals surface area contributed by atoms with Gasteiger partial charge < -0.3 is 14.8 Å². The summed E-state index contributed by atoms with van der Waals surface area (Å²) in [5.74, 6) is 0.965. The van der Waals surface area contributed by atoms with Crippen molar-refractivity contribution in [3.63, 3.8) is 0 Å². The minimum absolute atomic E-state index is 0.243. The van der Waals surface area contributed by atoms with Crippen LogP contribution in [0.5, 0.6) is 11.5 Å². The first kappa shape index (κ1) is 16.4. The summed E-state index contributed by atoms with van der Waals surface area (Å²) in [5.41, 5.74) is 1.55. The molecule has 1 saturated heterocycles. The van der Waals surface area contributed by atoms with E-state index in [2.05, 4.69) is 5.32 Å². The molecule has 0 spiro atoms. The van der Waals surface area contributed by atoms with E-state index >= 15 is 0 Å². The van der Waals surface area contributed by atoms with Gasteiger partial charge in [0.15, 0.2) is 11.5 Å². The summed E-state index contributed by atoms with van der Waals surface area (Å²) in [4.78, 5) is 26.8. The Balaban J connectivity index is 1.63. The Hall–Kier alpha value is -3.02. The number of urea groups is 1. The number of benzene rings is 2. The second kappa shape index (κ2) is 6.05. The Morgan fingerprint density at radius 3 is 2.62 bits per heavy atom. The molecule has 2 aliphatic heterocycles. The number of nitrogens with one attached hydrogen (secondary N) is 1. The van der Waals surface area contributed by atoms with Crippen LogP contribution in [0.4, 0.5) is 4.79 Å². The van der Waals surface area contributed by atoms with Gasteiger partial charge in [-0.25, -0.2) is 4.79 Å². The number of imide groups is 1. The molecule has 0 unspecified atom stereocenters. The summed E-state index contributed by atoms with van der Waals surface area (Å²) in [6, 6.07) is 12.7. The molecule has 3 amide bonds. The number of amides is 3. The first-order chi connectivity index (χ1) is 12.5. The lowest BCUT2D eigenvalue weighted by atomic mass is 9.91. The van der Waals surface area contributed by atoms with Gasteiger partial charge in [-0.05, 0) is 37.1 Å². The normalized spacial score (nSPS) is 21.7. The fourth-order valence-corrected chi connectivity index (χ4v) is 3.38. The number of hydrogen-bond donors (Lipinski definition) is 1. The summed E-state index contributed by atoms with van der Waals surface area (Å²) in [6.45, 7) is 4.91. The van der Waals surface area contributed by atoms with E-state index in [0.717, 1.165) is 11.1 Å². The minimum atomic E-state index is -1.13. The molecule has 134 valence electrons. The Labute approximate surface area is 151 Å². The third kappa shape index (κ3) is 2.67. The van der Waals surface area contributed by atoms with Gasteiger partial charge >= 0.3 is 6.03 Å². The van der Waals surface area contributed by atoms with Crippen molar-refractivity contribution in [1.29, 1.82) is 0 Å². The average Bonchev–Trinajstić information content (AvgIpc) is 2.85. The zero-order valence-corrected chi connectivity index (χ0v) is 14.7. The smallest absolute Gasteiger partial charge is 0.325 e. The number of ether oxygens (including phenoxy) is 2. The molecule has 0 bridgehead atoms. The summed E-state index contributed by atoms with van der Waals surface area (Å²) in [5, 5.41) is 2.83. The quantitative estimate of drug-likeness (QED) is 0.863. The van der Waals surface area contributed by atoms with Crippen LogP contribution in [0.2, 0.25) is 0 Å². The highest BCUT2D eigenvalue weighted by molar-refractivity contribution is 6.07. The van der Waals surface area contributed by atoms with Gasteiger partial charge in [-0.1, -0.05) is 35.9 Å². The highest BCUT2D eigenvalue weighted by Gasteiger charge is 2.49. The first-order valence-electron chi connectivity index (χ1n) is 8.57. The van der Waals surface area contributed by atoms with E-state index in [-0.39, 0.29) is 12.5 Å². The van der Waals surface area contributed by atoms with Crippen LogP contribution in [0, 0.1) is 6.92 Å². The number of aryl methyl sites for hydroxylation is 1. The van der Waals surface area contributed by atoms with Gasteiger partial charge in [0.1, 0.15) is 18.8 Å². The van der Waals surface area contributed by atoms with Crippen LogP contribution in [-0.2, 0) is 16.9 Å². The molecule has 0 saturated carbocycles. The van der Waals surface area contributed by atoms with E-state index in [1.165, 1.54) is 4.90 Å². The second-order valence-electron chi connectivity index (χ2n) is 6.79. The Kier molecular flexibility index (Phi) is 3.83. The summed E-state index contributed by atoms with van der Waals surface area (Å²) >= 11 is 0. The standard InChI is InChI=1S/C20H20N2O4/c1-13-4-3-5-14(10-13)12-22-18(23)20(2,21-19(22)24)15-6-7-16-17(11-15)26-9-8-25-16/h3-7,10-11H,8-9,12H2,1-2H3,(H,21,24)/t20-/m1/s1. The van der Waals surface area contributed by atoms with Gasteiger partial charge in [0, 0.05) is 0 Å². The molecule has 1 atom stereocenters. The monoisotopic (exact) mass is 352 g/mol. The largest absolute Gasteiger partial charge is 0.486 e. The second-order valence-corrected chi connectivity index (χ2v) is 6.79. The van der Waals surface area contributed by atoms with Crippen molar-refractivity contribution >= 4 is 11.9 Å². The van der Waals surface area contributed by atoms with Crippen molar-refractivity contribution in [2.24, 2.45) is 0 Å². The summed E-state index contributed by atoms with van der Waals surface area (Å²) in [7, 11) is 0. The van der Waals surface area contributed by atoms with E-state index in [1.807, 2.05) is 31.2 Å². The van der Waals surface area contributed by atoms with Gasteiger partial charge in [-0.2, -0.15) is 0 Å². The summed E-state index contributed by atoms with van der Waals surface area (Å²) in [6.07, 6.45) is 0. The van der Waals surface area contributed by atoms with Gasteiger partial charge in [0.25, 0.3) is 5.91 Å². The minimum Gasteiger partial charge on any atom is -0.486 e. The van der Waals surface area contributed by atoms with Crippen LogP contribution in [0.25, 0.3) is 0 Å². The van der Waals surface area contributed by atoms with Gasteiger partial charge in [0.05, 0.1) is 6.54 Å². The molecule has 2 aromatic carbocycles. The van der Waals surface area contributed by atoms with Crippen molar-refractivity contribution in [3.05, 3.63) is 59.2 Å². The fourth-order valence-electron chi connectivity index (χ4n) is 3.38. The van der Waals surface area contributed by atoms with E-state index in [9.17, 15) is 9.59 Å². The van der Waals surface area contributed by atoms with E-state index in [4.69, 9.17) is 9.47 Å². The first-order valence-corrected chi connectivity index (χ1v) is 8.57. The van der Waals surface area contributed by atoms with Crippen LogP contribution >= 0.6 is 0 Å². The molecule has 0 aromatic heterocycles. The third-order valence-corrected chi connectivity index (χ3v) is 4.82. The van der Waals surface area contributed by atoms with Crippen LogP contribution in [0.1, 0.15) is 23.6 Å². The molecule has 26 heavy (non-hydrogen) atoms. The maximum Gasteiger partial charge on any atom is 0.325 e. The Morgan fingerprint density at radius 1 is 1.08 bits per heavy atom. The molecule has 2 aliphatic rings. The molecule has 4 rings (SSSR count). The average molecular weight is 352 g/mol. The molecular weight excluding hydrogens is 332 g/mol.